The van der Waals surface area contributed by atoms with Crippen molar-refractivity contribution in [3.05, 3.63) is 0 Å². The van der Waals surface area contributed by atoms with Crippen molar-refractivity contribution in [3.63, 3.8) is 0 Å². The molecule has 0 fully saturated rings. The first-order valence-electron chi connectivity index (χ1n) is 9.42. The highest BCUT2D eigenvalue weighted by molar-refractivity contribution is 9.09. The van der Waals surface area contributed by atoms with Gasteiger partial charge in [-0.1, -0.05) is 60.9 Å². The highest BCUT2D eigenvalue weighted by atomic mass is 79.9. The molecule has 0 aliphatic carbocycles. The lowest BCUT2D eigenvalue weighted by Gasteiger charge is -2.12. The van der Waals surface area contributed by atoms with Crippen LogP contribution in [0.2, 0.25) is 0 Å². The van der Waals surface area contributed by atoms with E-state index in [4.69, 9.17) is 9.47 Å². The summed E-state index contributed by atoms with van der Waals surface area (Å²) in [5, 5.41) is 1.15. The summed E-state index contributed by atoms with van der Waals surface area (Å²) in [6.07, 6.45) is 17.5. The standard InChI is InChI=1S/C20H37BrO2/c1-22-20(23-2)18-16-14-12-10-8-6-4-3-5-7-9-11-13-15-17-19-21/h20H,5-19H2,1-2H3. The van der Waals surface area contributed by atoms with Crippen LogP contribution in [0.25, 0.3) is 0 Å². The number of ether oxygens (including phenoxy) is 2. The van der Waals surface area contributed by atoms with Crippen LogP contribution in [0.4, 0.5) is 0 Å². The van der Waals surface area contributed by atoms with E-state index < -0.39 is 0 Å². The van der Waals surface area contributed by atoms with Crippen LogP contribution in [-0.2, 0) is 9.47 Å². The molecule has 0 bridgehead atoms. The van der Waals surface area contributed by atoms with Gasteiger partial charge in [-0.3, -0.25) is 0 Å². The number of alkyl halides is 1. The van der Waals surface area contributed by atoms with Gasteiger partial charge in [0.05, 0.1) is 0 Å². The van der Waals surface area contributed by atoms with Crippen molar-refractivity contribution in [2.75, 3.05) is 19.5 Å². The van der Waals surface area contributed by atoms with Gasteiger partial charge in [0, 0.05) is 32.4 Å². The van der Waals surface area contributed by atoms with Crippen molar-refractivity contribution in [1.29, 1.82) is 0 Å². The number of methoxy groups -OCH3 is 2. The fraction of sp³-hybridized carbons (Fsp3) is 0.900. The predicted molar refractivity (Wildman–Crippen MR) is 104 cm³/mol. The Morgan fingerprint density at radius 1 is 0.652 bits per heavy atom. The zero-order valence-electron chi connectivity index (χ0n) is 15.4. The van der Waals surface area contributed by atoms with E-state index in [1.165, 1.54) is 70.6 Å². The summed E-state index contributed by atoms with van der Waals surface area (Å²) in [4.78, 5) is 0. The normalized spacial score (nSPS) is 10.8. The third-order valence-corrected chi connectivity index (χ3v) is 4.64. The molecule has 0 radical (unpaired) electrons. The van der Waals surface area contributed by atoms with Crippen LogP contribution >= 0.6 is 15.9 Å². The number of unbranched alkanes of at least 4 members (excludes halogenated alkanes) is 11. The van der Waals surface area contributed by atoms with Gasteiger partial charge in [0.2, 0.25) is 0 Å². The van der Waals surface area contributed by atoms with Crippen LogP contribution in [0.15, 0.2) is 0 Å². The highest BCUT2D eigenvalue weighted by Gasteiger charge is 2.03. The Balaban J connectivity index is 3.18. The Morgan fingerprint density at radius 3 is 1.57 bits per heavy atom. The minimum Gasteiger partial charge on any atom is -0.356 e. The third-order valence-electron chi connectivity index (χ3n) is 4.08. The van der Waals surface area contributed by atoms with Gasteiger partial charge < -0.3 is 9.47 Å². The average Bonchev–Trinajstić information content (AvgIpc) is 2.58. The molecule has 0 aliphatic heterocycles. The van der Waals surface area contributed by atoms with E-state index in [9.17, 15) is 0 Å². The van der Waals surface area contributed by atoms with Crippen LogP contribution in [0.5, 0.6) is 0 Å². The SMILES string of the molecule is COC(CCCCCCCC#CCCCCCCCCBr)OC. The number of halogens is 1. The first-order valence-corrected chi connectivity index (χ1v) is 10.5. The van der Waals surface area contributed by atoms with Crippen LogP contribution in [0.3, 0.4) is 0 Å². The lowest BCUT2D eigenvalue weighted by molar-refractivity contribution is -0.107. The van der Waals surface area contributed by atoms with E-state index >= 15 is 0 Å². The average molecular weight is 389 g/mol. The van der Waals surface area contributed by atoms with Gasteiger partial charge in [-0.2, -0.15) is 0 Å². The maximum atomic E-state index is 5.18. The maximum Gasteiger partial charge on any atom is 0.156 e. The molecule has 0 N–H and O–H groups in total. The Bertz CT molecular complexity index is 279. The van der Waals surface area contributed by atoms with Gasteiger partial charge in [-0.15, -0.1) is 11.8 Å². The van der Waals surface area contributed by atoms with Crippen LogP contribution < -0.4 is 0 Å². The van der Waals surface area contributed by atoms with Crippen molar-refractivity contribution >= 4 is 15.9 Å². The molecule has 0 spiro atoms. The second kappa shape index (κ2) is 20.0. The molecule has 0 aromatic rings. The van der Waals surface area contributed by atoms with E-state index in [2.05, 4.69) is 27.8 Å². The molecule has 0 rings (SSSR count). The molecule has 0 unspecified atom stereocenters. The number of hydrogen-bond acceptors (Lipinski definition) is 2. The predicted octanol–water partition coefficient (Wildman–Crippen LogP) is 6.47. The second-order valence-corrected chi connectivity index (χ2v) is 6.91. The lowest BCUT2D eigenvalue weighted by atomic mass is 10.1. The van der Waals surface area contributed by atoms with Crippen molar-refractivity contribution in [1.82, 2.24) is 0 Å². The minimum absolute atomic E-state index is 0.0229. The van der Waals surface area contributed by atoms with E-state index in [1.807, 2.05) is 0 Å². The van der Waals surface area contributed by atoms with Gasteiger partial charge in [-0.05, 0) is 32.1 Å². The summed E-state index contributed by atoms with van der Waals surface area (Å²) >= 11 is 3.47. The van der Waals surface area contributed by atoms with Crippen molar-refractivity contribution in [2.45, 2.75) is 96.2 Å². The summed E-state index contributed by atoms with van der Waals surface area (Å²) in [5.74, 6) is 6.66. The maximum absolute atomic E-state index is 5.18. The largest absolute Gasteiger partial charge is 0.356 e. The van der Waals surface area contributed by atoms with Crippen molar-refractivity contribution < 1.29 is 9.47 Å². The van der Waals surface area contributed by atoms with E-state index in [0.29, 0.717) is 0 Å². The molecule has 0 aliphatic rings. The molecule has 0 atom stereocenters. The third kappa shape index (κ3) is 18.1. The van der Waals surface area contributed by atoms with Gasteiger partial charge >= 0.3 is 0 Å². The van der Waals surface area contributed by atoms with Crippen LogP contribution in [0, 0.1) is 11.8 Å². The summed E-state index contributed by atoms with van der Waals surface area (Å²) in [6.45, 7) is 0. The molecule has 3 heteroatoms. The minimum atomic E-state index is -0.0229. The van der Waals surface area contributed by atoms with E-state index in [1.54, 1.807) is 14.2 Å². The molecule has 23 heavy (non-hydrogen) atoms. The van der Waals surface area contributed by atoms with Gasteiger partial charge in [0.15, 0.2) is 6.29 Å². The topological polar surface area (TPSA) is 18.5 Å². The molecule has 0 amide bonds. The smallest absolute Gasteiger partial charge is 0.156 e. The fourth-order valence-electron chi connectivity index (χ4n) is 2.58. The molecule has 2 nitrogen and oxygen atoms in total. The number of rotatable bonds is 16. The molecule has 0 heterocycles. The molecule has 0 aromatic heterocycles. The summed E-state index contributed by atoms with van der Waals surface area (Å²) in [7, 11) is 3.41. The van der Waals surface area contributed by atoms with Crippen molar-refractivity contribution in [2.24, 2.45) is 0 Å². The molecular weight excluding hydrogens is 352 g/mol. The van der Waals surface area contributed by atoms with Crippen LogP contribution in [0.1, 0.15) is 89.9 Å². The van der Waals surface area contributed by atoms with Gasteiger partial charge in [0.1, 0.15) is 0 Å². The summed E-state index contributed by atoms with van der Waals surface area (Å²) in [5.41, 5.74) is 0. The molecule has 136 valence electrons. The molecular formula is C20H37BrO2. The Labute approximate surface area is 153 Å². The molecule has 0 saturated carbocycles. The zero-order chi connectivity index (χ0) is 17.0. The number of hydrogen-bond donors (Lipinski definition) is 0. The lowest BCUT2D eigenvalue weighted by Crippen LogP contribution is -2.12. The first-order chi connectivity index (χ1) is 11.3. The summed E-state index contributed by atoms with van der Waals surface area (Å²) in [6, 6.07) is 0. The first kappa shape index (κ1) is 23.0. The Kier molecular flexibility index (Phi) is 20.0. The molecule has 0 saturated heterocycles. The van der Waals surface area contributed by atoms with Gasteiger partial charge in [-0.25, -0.2) is 0 Å². The summed E-state index contributed by atoms with van der Waals surface area (Å²) < 4.78 is 10.4. The van der Waals surface area contributed by atoms with Crippen molar-refractivity contribution in [3.8, 4) is 11.8 Å². The van der Waals surface area contributed by atoms with Crippen LogP contribution in [-0.4, -0.2) is 25.8 Å². The van der Waals surface area contributed by atoms with E-state index in [-0.39, 0.29) is 6.29 Å². The zero-order valence-corrected chi connectivity index (χ0v) is 17.0. The molecule has 0 aromatic carbocycles. The Hall–Kier alpha value is -0.0400. The van der Waals surface area contributed by atoms with Gasteiger partial charge in [0.25, 0.3) is 0 Å². The highest BCUT2D eigenvalue weighted by Crippen LogP contribution is 2.10. The fourth-order valence-corrected chi connectivity index (χ4v) is 2.97. The monoisotopic (exact) mass is 388 g/mol. The van der Waals surface area contributed by atoms with E-state index in [0.717, 1.165) is 24.6 Å². The second-order valence-electron chi connectivity index (χ2n) is 6.12. The quantitative estimate of drug-likeness (QED) is 0.130. The Morgan fingerprint density at radius 2 is 1.09 bits per heavy atom.